The number of hydrogen-bond donors (Lipinski definition) is 2. The van der Waals surface area contributed by atoms with Gasteiger partial charge in [-0.2, -0.15) is 4.98 Å². The van der Waals surface area contributed by atoms with Gasteiger partial charge in [0.25, 0.3) is 11.8 Å². The molecule has 1 unspecified atom stereocenters. The molecule has 0 radical (unpaired) electrons. The van der Waals surface area contributed by atoms with Crippen LogP contribution in [0, 0.1) is 18.2 Å². The molecule has 3 aliphatic rings. The topological polar surface area (TPSA) is 130 Å². The first-order valence-electron chi connectivity index (χ1n) is 9.29. The zero-order valence-corrected chi connectivity index (χ0v) is 16.9. The van der Waals surface area contributed by atoms with Crippen molar-refractivity contribution < 1.29 is 28.0 Å². The van der Waals surface area contributed by atoms with Crippen molar-refractivity contribution >= 4 is 23.4 Å². The fourth-order valence-electron chi connectivity index (χ4n) is 4.41. The molecule has 3 fully saturated rings. The highest BCUT2D eigenvalue weighted by Crippen LogP contribution is 2.69. The number of primary amides is 1. The van der Waals surface area contributed by atoms with E-state index in [9.17, 15) is 14.0 Å². The molecule has 0 aliphatic heterocycles. The summed E-state index contributed by atoms with van der Waals surface area (Å²) in [6.07, 6.45) is 0.698. The average molecular weight is 439 g/mol. The van der Waals surface area contributed by atoms with Crippen molar-refractivity contribution in [3.8, 4) is 5.75 Å². The van der Waals surface area contributed by atoms with Gasteiger partial charge in [0.15, 0.2) is 11.9 Å². The van der Waals surface area contributed by atoms with Gasteiger partial charge in [-0.25, -0.2) is 4.39 Å². The second kappa shape index (κ2) is 7.51. The number of aromatic nitrogens is 2. The molecular formula is C19H20ClFN4O5. The Bertz CT molecular complexity index is 977. The minimum atomic E-state index is -0.922. The smallest absolute Gasteiger partial charge is 0.259 e. The van der Waals surface area contributed by atoms with Gasteiger partial charge >= 0.3 is 0 Å². The Balaban J connectivity index is 1.28. The van der Waals surface area contributed by atoms with E-state index in [1.807, 2.05) is 0 Å². The van der Waals surface area contributed by atoms with Crippen LogP contribution in [0.25, 0.3) is 0 Å². The number of carbonyl (C=O) groups excluding carboxylic acids is 2. The number of amides is 2. The molecule has 2 bridgehead atoms. The standard InChI is InChI=1S/C19H20ClFN4O5/c1-10-23-15(30-25-10)6-28-5-14(26)24-19-7-18(8-19,9-19)16(17(22)27)29-11-2-3-12(20)13(21)4-11/h2-4,16H,5-9H2,1H3,(H2,22,27)(H,24,26). The summed E-state index contributed by atoms with van der Waals surface area (Å²) in [5, 5.41) is 6.53. The number of nitrogens with one attached hydrogen (secondary N) is 1. The second-order valence-electron chi connectivity index (χ2n) is 7.93. The van der Waals surface area contributed by atoms with Crippen molar-refractivity contribution in [2.24, 2.45) is 11.1 Å². The van der Waals surface area contributed by atoms with Crippen molar-refractivity contribution in [1.29, 1.82) is 0 Å². The number of rotatable bonds is 9. The van der Waals surface area contributed by atoms with Crippen molar-refractivity contribution in [2.75, 3.05) is 6.61 Å². The van der Waals surface area contributed by atoms with Crippen molar-refractivity contribution in [3.63, 3.8) is 0 Å². The molecule has 9 nitrogen and oxygen atoms in total. The Kier molecular flexibility index (Phi) is 5.15. The van der Waals surface area contributed by atoms with Crippen LogP contribution in [0.4, 0.5) is 4.39 Å². The predicted octanol–water partition coefficient (Wildman–Crippen LogP) is 1.66. The van der Waals surface area contributed by atoms with Crippen molar-refractivity contribution in [3.05, 3.63) is 40.8 Å². The van der Waals surface area contributed by atoms with E-state index in [0.29, 0.717) is 31.0 Å². The van der Waals surface area contributed by atoms with Gasteiger partial charge in [-0.1, -0.05) is 16.8 Å². The minimum absolute atomic E-state index is 0.0402. The third kappa shape index (κ3) is 3.84. The predicted molar refractivity (Wildman–Crippen MR) is 101 cm³/mol. The summed E-state index contributed by atoms with van der Waals surface area (Å²) in [6, 6.07) is 3.94. The number of nitrogens with two attached hydrogens (primary N) is 1. The Morgan fingerprint density at radius 3 is 2.73 bits per heavy atom. The van der Waals surface area contributed by atoms with E-state index in [-0.39, 0.29) is 29.9 Å². The fraction of sp³-hybridized carbons (Fsp3) is 0.474. The molecule has 3 aliphatic carbocycles. The molecule has 1 aromatic heterocycles. The highest BCUT2D eigenvalue weighted by Gasteiger charge is 2.73. The quantitative estimate of drug-likeness (QED) is 0.608. The Morgan fingerprint density at radius 1 is 1.40 bits per heavy atom. The summed E-state index contributed by atoms with van der Waals surface area (Å²) < 4.78 is 29.5. The molecule has 2 aromatic rings. The van der Waals surface area contributed by atoms with Gasteiger partial charge in [-0.3, -0.25) is 9.59 Å². The maximum atomic E-state index is 13.6. The minimum Gasteiger partial charge on any atom is -0.480 e. The number of halogens is 2. The van der Waals surface area contributed by atoms with Gasteiger partial charge in [0.05, 0.1) is 5.02 Å². The molecule has 0 spiro atoms. The SMILES string of the molecule is Cc1noc(COCC(=O)NC23CC(C(Oc4ccc(Cl)c(F)c4)C(N)=O)(C2)C3)n1. The van der Waals surface area contributed by atoms with E-state index in [2.05, 4.69) is 15.5 Å². The number of benzene rings is 1. The van der Waals surface area contributed by atoms with Crippen LogP contribution >= 0.6 is 11.6 Å². The lowest BCUT2D eigenvalue weighted by Gasteiger charge is -2.71. The van der Waals surface area contributed by atoms with E-state index < -0.39 is 28.8 Å². The molecule has 11 heteroatoms. The van der Waals surface area contributed by atoms with Crippen LogP contribution in [0.3, 0.4) is 0 Å². The fourth-order valence-corrected chi connectivity index (χ4v) is 4.53. The maximum absolute atomic E-state index is 13.6. The molecule has 2 amide bonds. The molecular weight excluding hydrogens is 419 g/mol. The van der Waals surface area contributed by atoms with Crippen LogP contribution < -0.4 is 15.8 Å². The summed E-state index contributed by atoms with van der Waals surface area (Å²) in [7, 11) is 0. The van der Waals surface area contributed by atoms with Gasteiger partial charge < -0.3 is 25.0 Å². The zero-order chi connectivity index (χ0) is 21.5. The first-order valence-corrected chi connectivity index (χ1v) is 9.67. The van der Waals surface area contributed by atoms with Gasteiger partial charge in [-0.15, -0.1) is 0 Å². The summed E-state index contributed by atoms with van der Waals surface area (Å²) in [5.41, 5.74) is 4.65. The van der Waals surface area contributed by atoms with Gasteiger partial charge in [0.1, 0.15) is 24.8 Å². The summed E-state index contributed by atoms with van der Waals surface area (Å²) >= 11 is 5.67. The van der Waals surface area contributed by atoms with Crippen LogP contribution in [-0.4, -0.2) is 40.2 Å². The Morgan fingerprint density at radius 2 is 2.13 bits per heavy atom. The third-order valence-electron chi connectivity index (χ3n) is 5.46. The molecule has 1 atom stereocenters. The Hall–Kier alpha value is -2.72. The second-order valence-corrected chi connectivity index (χ2v) is 8.33. The first kappa shape index (κ1) is 20.5. The van der Waals surface area contributed by atoms with Crippen molar-refractivity contribution in [1.82, 2.24) is 15.5 Å². The van der Waals surface area contributed by atoms with Crippen LogP contribution in [0.15, 0.2) is 22.7 Å². The van der Waals surface area contributed by atoms with E-state index in [0.717, 1.165) is 6.07 Å². The molecule has 5 rings (SSSR count). The van der Waals surface area contributed by atoms with E-state index in [1.54, 1.807) is 6.92 Å². The van der Waals surface area contributed by atoms with E-state index in [4.69, 9.17) is 31.3 Å². The van der Waals surface area contributed by atoms with E-state index in [1.165, 1.54) is 12.1 Å². The van der Waals surface area contributed by atoms with Crippen LogP contribution in [0.1, 0.15) is 31.0 Å². The van der Waals surface area contributed by atoms with Crippen LogP contribution in [0.2, 0.25) is 5.02 Å². The molecule has 3 saturated carbocycles. The zero-order valence-electron chi connectivity index (χ0n) is 16.1. The van der Waals surface area contributed by atoms with Gasteiger partial charge in [0.2, 0.25) is 5.91 Å². The lowest BCUT2D eigenvalue weighted by molar-refractivity contribution is -0.208. The lowest BCUT2D eigenvalue weighted by atomic mass is 9.37. The summed E-state index contributed by atoms with van der Waals surface area (Å²) in [4.78, 5) is 28.1. The average Bonchev–Trinajstić information content (AvgIpc) is 3.03. The maximum Gasteiger partial charge on any atom is 0.259 e. The van der Waals surface area contributed by atoms with Gasteiger partial charge in [0, 0.05) is 17.0 Å². The molecule has 0 saturated heterocycles. The van der Waals surface area contributed by atoms with Gasteiger partial charge in [-0.05, 0) is 38.3 Å². The first-order chi connectivity index (χ1) is 14.2. The molecule has 160 valence electrons. The highest BCUT2D eigenvalue weighted by molar-refractivity contribution is 6.30. The number of hydrogen-bond acceptors (Lipinski definition) is 7. The highest BCUT2D eigenvalue weighted by atomic mass is 35.5. The van der Waals surface area contributed by atoms with Crippen LogP contribution in [-0.2, 0) is 20.9 Å². The summed E-state index contributed by atoms with van der Waals surface area (Å²) in [6.45, 7) is 1.57. The van der Waals surface area contributed by atoms with E-state index >= 15 is 0 Å². The molecule has 3 N–H and O–H groups in total. The molecule has 1 heterocycles. The summed E-state index contributed by atoms with van der Waals surface area (Å²) in [5.74, 6) is -0.601. The normalized spacial score (nSPS) is 25.0. The molecule has 30 heavy (non-hydrogen) atoms. The largest absolute Gasteiger partial charge is 0.480 e. The number of aryl methyl sites for hydroxylation is 1. The number of nitrogens with zero attached hydrogens (tertiary/aromatic N) is 2. The molecule has 1 aromatic carbocycles. The Labute approximate surface area is 176 Å². The monoisotopic (exact) mass is 438 g/mol. The van der Waals surface area contributed by atoms with Crippen LogP contribution in [0.5, 0.6) is 5.75 Å². The lowest BCUT2D eigenvalue weighted by Crippen LogP contribution is -2.79. The van der Waals surface area contributed by atoms with Crippen molar-refractivity contribution in [2.45, 2.75) is 44.4 Å². The third-order valence-corrected chi connectivity index (χ3v) is 5.77. The number of ether oxygens (including phenoxy) is 2. The number of carbonyl (C=O) groups is 2.